The number of hydrogen-bond donors (Lipinski definition) is 0. The van der Waals surface area contributed by atoms with Crippen molar-refractivity contribution >= 4 is 33.3 Å². The number of carbonyl (C=O) groups is 1. The highest BCUT2D eigenvalue weighted by molar-refractivity contribution is 7.18. The number of fused-ring (bicyclic) bond motifs is 1. The third-order valence-electron chi connectivity index (χ3n) is 5.29. The van der Waals surface area contributed by atoms with Crippen molar-refractivity contribution in [2.24, 2.45) is 7.05 Å². The van der Waals surface area contributed by atoms with Gasteiger partial charge in [-0.05, 0) is 25.3 Å². The molecule has 1 aliphatic heterocycles. The Labute approximate surface area is 162 Å². The van der Waals surface area contributed by atoms with Crippen LogP contribution in [0.5, 0.6) is 0 Å². The standard InChI is InChI=1S/C19H24N6OS/c1-4-15-9-16-17(20-12-21-18(16)27-15)25-7-5-14(6-8-25)24(3)19(26)13-10-22-23(2)11-13/h9-12,14H,4-8H2,1-3H3. The first-order valence-electron chi connectivity index (χ1n) is 9.31. The number of carbonyl (C=O) groups excluding carboxylic acids is 1. The molecule has 0 aromatic carbocycles. The van der Waals surface area contributed by atoms with Crippen molar-refractivity contribution in [1.82, 2.24) is 24.6 Å². The molecule has 4 heterocycles. The van der Waals surface area contributed by atoms with Gasteiger partial charge in [0.2, 0.25) is 0 Å². The highest BCUT2D eigenvalue weighted by Crippen LogP contribution is 2.32. The molecule has 0 N–H and O–H groups in total. The van der Waals surface area contributed by atoms with E-state index < -0.39 is 0 Å². The van der Waals surface area contributed by atoms with Gasteiger partial charge in [0.15, 0.2) is 0 Å². The summed E-state index contributed by atoms with van der Waals surface area (Å²) in [6.45, 7) is 3.94. The van der Waals surface area contributed by atoms with Crippen LogP contribution in [0.3, 0.4) is 0 Å². The summed E-state index contributed by atoms with van der Waals surface area (Å²) >= 11 is 1.75. The van der Waals surface area contributed by atoms with Crippen molar-refractivity contribution in [3.8, 4) is 0 Å². The first kappa shape index (κ1) is 17.9. The van der Waals surface area contributed by atoms with Gasteiger partial charge in [-0.15, -0.1) is 11.3 Å². The van der Waals surface area contributed by atoms with E-state index in [0.717, 1.165) is 48.4 Å². The average molecular weight is 385 g/mol. The Morgan fingerprint density at radius 1 is 1.33 bits per heavy atom. The number of aryl methyl sites for hydroxylation is 2. The molecule has 1 saturated heterocycles. The van der Waals surface area contributed by atoms with Crippen LogP contribution in [0.15, 0.2) is 24.8 Å². The molecule has 142 valence electrons. The number of nitrogens with zero attached hydrogens (tertiary/aromatic N) is 6. The first-order chi connectivity index (χ1) is 13.1. The number of anilines is 1. The van der Waals surface area contributed by atoms with Gasteiger partial charge in [-0.2, -0.15) is 5.10 Å². The molecule has 4 rings (SSSR count). The normalized spacial score (nSPS) is 15.4. The molecule has 3 aromatic heterocycles. The third kappa shape index (κ3) is 3.41. The van der Waals surface area contributed by atoms with Crippen LogP contribution in [-0.2, 0) is 13.5 Å². The van der Waals surface area contributed by atoms with Gasteiger partial charge < -0.3 is 9.80 Å². The van der Waals surface area contributed by atoms with E-state index in [2.05, 4.69) is 33.0 Å². The maximum absolute atomic E-state index is 12.7. The van der Waals surface area contributed by atoms with Crippen LogP contribution in [0.1, 0.15) is 35.0 Å². The Kier molecular flexibility index (Phi) is 4.82. The van der Waals surface area contributed by atoms with E-state index in [0.29, 0.717) is 5.56 Å². The van der Waals surface area contributed by atoms with Gasteiger partial charge in [-0.1, -0.05) is 6.92 Å². The first-order valence-corrected chi connectivity index (χ1v) is 10.1. The molecule has 1 amide bonds. The number of aromatic nitrogens is 4. The van der Waals surface area contributed by atoms with Gasteiger partial charge in [-0.3, -0.25) is 9.48 Å². The van der Waals surface area contributed by atoms with E-state index in [1.807, 2.05) is 19.0 Å². The lowest BCUT2D eigenvalue weighted by atomic mass is 10.0. The molecule has 0 bridgehead atoms. The van der Waals surface area contributed by atoms with Crippen molar-refractivity contribution in [1.29, 1.82) is 0 Å². The largest absolute Gasteiger partial charge is 0.356 e. The second kappa shape index (κ2) is 7.26. The van der Waals surface area contributed by atoms with Crippen LogP contribution in [0, 0.1) is 0 Å². The van der Waals surface area contributed by atoms with E-state index in [9.17, 15) is 4.79 Å². The maximum atomic E-state index is 12.7. The molecule has 0 saturated carbocycles. The fraction of sp³-hybridized carbons (Fsp3) is 0.474. The molecule has 0 spiro atoms. The molecule has 0 unspecified atom stereocenters. The Morgan fingerprint density at radius 2 is 2.11 bits per heavy atom. The second-order valence-corrected chi connectivity index (χ2v) is 8.13. The van der Waals surface area contributed by atoms with E-state index in [-0.39, 0.29) is 11.9 Å². The van der Waals surface area contributed by atoms with E-state index >= 15 is 0 Å². The number of piperidine rings is 1. The summed E-state index contributed by atoms with van der Waals surface area (Å²) in [5.41, 5.74) is 0.644. The minimum atomic E-state index is 0.0383. The Balaban J connectivity index is 1.46. The fourth-order valence-corrected chi connectivity index (χ4v) is 4.61. The molecule has 8 heteroatoms. The molecule has 0 aliphatic carbocycles. The smallest absolute Gasteiger partial charge is 0.257 e. The van der Waals surface area contributed by atoms with Crippen molar-refractivity contribution in [2.45, 2.75) is 32.2 Å². The SMILES string of the molecule is CCc1cc2c(N3CCC(N(C)C(=O)c4cnn(C)c4)CC3)ncnc2s1. The molecule has 0 radical (unpaired) electrons. The lowest BCUT2D eigenvalue weighted by Gasteiger charge is -2.37. The topological polar surface area (TPSA) is 67.2 Å². The maximum Gasteiger partial charge on any atom is 0.257 e. The van der Waals surface area contributed by atoms with Gasteiger partial charge in [0.1, 0.15) is 17.0 Å². The number of thiophene rings is 1. The molecular weight excluding hydrogens is 360 g/mol. The monoisotopic (exact) mass is 384 g/mol. The number of hydrogen-bond acceptors (Lipinski definition) is 6. The van der Waals surface area contributed by atoms with Crippen LogP contribution in [0.2, 0.25) is 0 Å². The number of rotatable bonds is 4. The average Bonchev–Trinajstić information content (AvgIpc) is 3.32. The van der Waals surface area contributed by atoms with Crippen LogP contribution in [-0.4, -0.2) is 56.7 Å². The lowest BCUT2D eigenvalue weighted by molar-refractivity contribution is 0.0709. The van der Waals surface area contributed by atoms with Gasteiger partial charge in [-0.25, -0.2) is 9.97 Å². The molecule has 27 heavy (non-hydrogen) atoms. The van der Waals surface area contributed by atoms with Crippen LogP contribution in [0.25, 0.3) is 10.2 Å². The molecule has 7 nitrogen and oxygen atoms in total. The van der Waals surface area contributed by atoms with Crippen molar-refractivity contribution in [3.63, 3.8) is 0 Å². The molecule has 1 fully saturated rings. The Morgan fingerprint density at radius 3 is 2.78 bits per heavy atom. The van der Waals surface area contributed by atoms with Crippen LogP contribution >= 0.6 is 11.3 Å². The predicted molar refractivity (Wildman–Crippen MR) is 107 cm³/mol. The van der Waals surface area contributed by atoms with Gasteiger partial charge >= 0.3 is 0 Å². The lowest BCUT2D eigenvalue weighted by Crippen LogP contribution is -2.45. The van der Waals surface area contributed by atoms with Crippen molar-refractivity contribution < 1.29 is 4.79 Å². The minimum absolute atomic E-state index is 0.0383. The highest BCUT2D eigenvalue weighted by Gasteiger charge is 2.28. The zero-order valence-corrected chi connectivity index (χ0v) is 16.7. The van der Waals surface area contributed by atoms with Crippen LogP contribution in [0.4, 0.5) is 5.82 Å². The minimum Gasteiger partial charge on any atom is -0.356 e. The van der Waals surface area contributed by atoms with E-state index in [1.54, 1.807) is 34.7 Å². The summed E-state index contributed by atoms with van der Waals surface area (Å²) in [7, 11) is 3.72. The molecule has 3 aromatic rings. The van der Waals surface area contributed by atoms with E-state index in [1.165, 1.54) is 4.88 Å². The summed E-state index contributed by atoms with van der Waals surface area (Å²) in [5, 5.41) is 5.25. The highest BCUT2D eigenvalue weighted by atomic mass is 32.1. The van der Waals surface area contributed by atoms with Gasteiger partial charge in [0, 0.05) is 44.3 Å². The second-order valence-electron chi connectivity index (χ2n) is 7.02. The summed E-state index contributed by atoms with van der Waals surface area (Å²) in [6.07, 6.45) is 7.94. The third-order valence-corrected chi connectivity index (χ3v) is 6.48. The van der Waals surface area contributed by atoms with Crippen LogP contribution < -0.4 is 4.90 Å². The van der Waals surface area contributed by atoms with E-state index in [4.69, 9.17) is 0 Å². The zero-order chi connectivity index (χ0) is 19.0. The quantitative estimate of drug-likeness (QED) is 0.692. The predicted octanol–water partition coefficient (Wildman–Crippen LogP) is 2.73. The fourth-order valence-electron chi connectivity index (χ4n) is 3.69. The van der Waals surface area contributed by atoms with Gasteiger partial charge in [0.25, 0.3) is 5.91 Å². The Bertz CT molecular complexity index is 956. The zero-order valence-electron chi connectivity index (χ0n) is 15.9. The molecule has 0 atom stereocenters. The summed E-state index contributed by atoms with van der Waals surface area (Å²) < 4.78 is 1.66. The molecular formula is C19H24N6OS. The van der Waals surface area contributed by atoms with Crippen molar-refractivity contribution in [2.75, 3.05) is 25.0 Å². The summed E-state index contributed by atoms with van der Waals surface area (Å²) in [6, 6.07) is 2.46. The molecule has 1 aliphatic rings. The summed E-state index contributed by atoms with van der Waals surface area (Å²) in [5.74, 6) is 1.06. The summed E-state index contributed by atoms with van der Waals surface area (Å²) in [4.78, 5) is 28.2. The number of amides is 1. The van der Waals surface area contributed by atoms with Gasteiger partial charge in [0.05, 0.1) is 17.1 Å². The van der Waals surface area contributed by atoms with Crippen molar-refractivity contribution in [3.05, 3.63) is 35.2 Å². The Hall–Kier alpha value is -2.48.